The Labute approximate surface area is 116 Å². The van der Waals surface area contributed by atoms with Crippen molar-refractivity contribution in [2.24, 2.45) is 0 Å². The van der Waals surface area contributed by atoms with Crippen LogP contribution >= 0.6 is 11.8 Å². The first-order valence-electron chi connectivity index (χ1n) is 6.29. The molecular weight excluding hydrogens is 262 g/mol. The number of fused-ring (bicyclic) bond motifs is 1. The minimum atomic E-state index is -0.830. The topological polar surface area (TPSA) is 68.0 Å². The van der Waals surface area contributed by atoms with Crippen molar-refractivity contribution >= 4 is 28.9 Å². The molecule has 19 heavy (non-hydrogen) atoms. The van der Waals surface area contributed by atoms with E-state index >= 15 is 0 Å². The highest BCUT2D eigenvalue weighted by molar-refractivity contribution is 7.99. The van der Waals surface area contributed by atoms with Crippen LogP contribution in [0, 0.1) is 6.92 Å². The number of hydrogen-bond donors (Lipinski definition) is 1. The molecule has 1 N–H and O–H groups in total. The zero-order chi connectivity index (χ0) is 13.8. The highest BCUT2D eigenvalue weighted by Gasteiger charge is 2.13. The fourth-order valence-electron chi connectivity index (χ4n) is 1.85. The molecule has 0 saturated heterocycles. The summed E-state index contributed by atoms with van der Waals surface area (Å²) in [4.78, 5) is 19.6. The monoisotopic (exact) mass is 279 g/mol. The van der Waals surface area contributed by atoms with Gasteiger partial charge in [-0.05, 0) is 25.0 Å². The predicted octanol–water partition coefficient (Wildman–Crippen LogP) is 2.72. The first-order valence-corrected chi connectivity index (χ1v) is 7.28. The van der Waals surface area contributed by atoms with E-state index in [4.69, 9.17) is 5.11 Å². The molecule has 2 heterocycles. The van der Waals surface area contributed by atoms with E-state index in [-0.39, 0.29) is 5.75 Å². The van der Waals surface area contributed by atoms with Gasteiger partial charge in [0.25, 0.3) is 0 Å². The van der Waals surface area contributed by atoms with Crippen LogP contribution in [0.2, 0.25) is 0 Å². The molecule has 0 saturated carbocycles. The molecule has 0 unspecified atom stereocenters. The van der Waals surface area contributed by atoms with Gasteiger partial charge in [-0.3, -0.25) is 4.79 Å². The maximum absolute atomic E-state index is 10.7. The standard InChI is InChI=1S/C13H17N3O2S/c1-3-4-5-16-12-10(6-9(2)7-14-12)15-13(16)19-8-11(17)18/h6-7H,3-5,8H2,1-2H3,(H,17,18). The number of aliphatic carboxylic acids is 1. The lowest BCUT2D eigenvalue weighted by Crippen LogP contribution is -2.04. The van der Waals surface area contributed by atoms with Crippen molar-refractivity contribution in [1.29, 1.82) is 0 Å². The second-order valence-corrected chi connectivity index (χ2v) is 5.38. The van der Waals surface area contributed by atoms with Crippen LogP contribution in [0.4, 0.5) is 0 Å². The summed E-state index contributed by atoms with van der Waals surface area (Å²) in [6.45, 7) is 4.92. The summed E-state index contributed by atoms with van der Waals surface area (Å²) in [6.07, 6.45) is 3.92. The molecule has 0 atom stereocenters. The van der Waals surface area contributed by atoms with Crippen LogP contribution in [-0.2, 0) is 11.3 Å². The summed E-state index contributed by atoms with van der Waals surface area (Å²) in [7, 11) is 0. The first-order chi connectivity index (χ1) is 9.11. The van der Waals surface area contributed by atoms with Crippen molar-refractivity contribution in [1.82, 2.24) is 14.5 Å². The van der Waals surface area contributed by atoms with E-state index in [1.54, 1.807) is 0 Å². The van der Waals surface area contributed by atoms with Gasteiger partial charge in [-0.15, -0.1) is 0 Å². The number of thioether (sulfide) groups is 1. The quantitative estimate of drug-likeness (QED) is 0.823. The third-order valence-electron chi connectivity index (χ3n) is 2.75. The van der Waals surface area contributed by atoms with Crippen molar-refractivity contribution < 1.29 is 9.90 Å². The smallest absolute Gasteiger partial charge is 0.313 e. The first kappa shape index (κ1) is 13.9. The molecular formula is C13H17N3O2S. The molecule has 0 amide bonds. The Kier molecular flexibility index (Phi) is 4.42. The fourth-order valence-corrected chi connectivity index (χ4v) is 2.59. The summed E-state index contributed by atoms with van der Waals surface area (Å²) in [5, 5.41) is 9.53. The Morgan fingerprint density at radius 3 is 3.00 bits per heavy atom. The molecule has 0 radical (unpaired) electrons. The van der Waals surface area contributed by atoms with Gasteiger partial charge in [-0.25, -0.2) is 9.97 Å². The molecule has 5 nitrogen and oxygen atoms in total. The van der Waals surface area contributed by atoms with Gasteiger partial charge in [0.2, 0.25) is 0 Å². The van der Waals surface area contributed by atoms with Crippen molar-refractivity contribution in [3.05, 3.63) is 17.8 Å². The number of imidazole rings is 1. The number of nitrogens with zero attached hydrogens (tertiary/aromatic N) is 3. The summed E-state index contributed by atoms with van der Waals surface area (Å²) in [5.74, 6) is -0.808. The predicted molar refractivity (Wildman–Crippen MR) is 75.5 cm³/mol. The van der Waals surface area contributed by atoms with Crippen LogP contribution in [0.1, 0.15) is 25.3 Å². The van der Waals surface area contributed by atoms with Gasteiger partial charge < -0.3 is 9.67 Å². The number of aryl methyl sites for hydroxylation is 2. The minimum Gasteiger partial charge on any atom is -0.481 e. The van der Waals surface area contributed by atoms with Crippen molar-refractivity contribution in [3.63, 3.8) is 0 Å². The van der Waals surface area contributed by atoms with Crippen molar-refractivity contribution in [2.45, 2.75) is 38.4 Å². The lowest BCUT2D eigenvalue weighted by Gasteiger charge is -2.06. The minimum absolute atomic E-state index is 0.0223. The molecule has 0 spiro atoms. The maximum atomic E-state index is 10.7. The Hall–Kier alpha value is -1.56. The summed E-state index contributed by atoms with van der Waals surface area (Å²) in [6, 6.07) is 1.98. The number of pyridine rings is 1. The van der Waals surface area contributed by atoms with E-state index in [0.29, 0.717) is 0 Å². The van der Waals surface area contributed by atoms with Gasteiger partial charge in [-0.1, -0.05) is 25.1 Å². The average molecular weight is 279 g/mol. The normalized spacial score (nSPS) is 11.1. The van der Waals surface area contributed by atoms with Crippen LogP contribution in [0.15, 0.2) is 17.4 Å². The zero-order valence-corrected chi connectivity index (χ0v) is 11.9. The van der Waals surface area contributed by atoms with Crippen LogP contribution in [0.25, 0.3) is 11.2 Å². The molecule has 2 aromatic heterocycles. The van der Waals surface area contributed by atoms with E-state index in [1.165, 1.54) is 11.8 Å². The van der Waals surface area contributed by atoms with Crippen LogP contribution in [-0.4, -0.2) is 31.4 Å². The second kappa shape index (κ2) is 6.06. The third kappa shape index (κ3) is 3.26. The summed E-state index contributed by atoms with van der Waals surface area (Å²) < 4.78 is 2.02. The molecule has 2 aromatic rings. The van der Waals surface area contributed by atoms with Gasteiger partial charge in [0, 0.05) is 12.7 Å². The molecule has 6 heteroatoms. The maximum Gasteiger partial charge on any atom is 0.313 e. The molecule has 0 bridgehead atoms. The second-order valence-electron chi connectivity index (χ2n) is 4.44. The van der Waals surface area contributed by atoms with Gasteiger partial charge in [-0.2, -0.15) is 0 Å². The average Bonchev–Trinajstić information content (AvgIpc) is 2.70. The lowest BCUT2D eigenvalue weighted by atomic mass is 10.3. The number of carbonyl (C=O) groups is 1. The number of rotatable bonds is 6. The molecule has 0 aliphatic carbocycles. The third-order valence-corrected chi connectivity index (χ3v) is 3.71. The molecule has 2 rings (SSSR count). The fraction of sp³-hybridized carbons (Fsp3) is 0.462. The number of hydrogen-bond acceptors (Lipinski definition) is 4. The van der Waals surface area contributed by atoms with E-state index in [2.05, 4.69) is 16.9 Å². The highest BCUT2D eigenvalue weighted by Crippen LogP contribution is 2.23. The van der Waals surface area contributed by atoms with E-state index in [9.17, 15) is 4.79 Å². The number of aromatic nitrogens is 3. The Balaban J connectivity index is 2.38. The molecule has 0 aliphatic rings. The van der Waals surface area contributed by atoms with Gasteiger partial charge in [0.15, 0.2) is 10.8 Å². The Bertz CT molecular complexity index is 595. The van der Waals surface area contributed by atoms with Crippen LogP contribution in [0.3, 0.4) is 0 Å². The SMILES string of the molecule is CCCCn1c(SCC(=O)O)nc2cc(C)cnc21. The van der Waals surface area contributed by atoms with E-state index < -0.39 is 5.97 Å². The zero-order valence-electron chi connectivity index (χ0n) is 11.1. The van der Waals surface area contributed by atoms with Crippen molar-refractivity contribution in [3.8, 4) is 0 Å². The lowest BCUT2D eigenvalue weighted by molar-refractivity contribution is -0.133. The summed E-state index contributed by atoms with van der Waals surface area (Å²) >= 11 is 1.25. The molecule has 102 valence electrons. The van der Waals surface area contributed by atoms with Gasteiger partial charge in [0.1, 0.15) is 5.52 Å². The van der Waals surface area contributed by atoms with Gasteiger partial charge in [0.05, 0.1) is 5.75 Å². The van der Waals surface area contributed by atoms with Gasteiger partial charge >= 0.3 is 5.97 Å². The number of carboxylic acids is 1. The highest BCUT2D eigenvalue weighted by atomic mass is 32.2. The molecule has 0 aromatic carbocycles. The van der Waals surface area contributed by atoms with E-state index in [1.807, 2.05) is 23.8 Å². The Morgan fingerprint density at radius 2 is 2.32 bits per heavy atom. The summed E-state index contributed by atoms with van der Waals surface area (Å²) in [5.41, 5.74) is 2.73. The Morgan fingerprint density at radius 1 is 1.53 bits per heavy atom. The largest absolute Gasteiger partial charge is 0.481 e. The van der Waals surface area contributed by atoms with Crippen LogP contribution in [0.5, 0.6) is 0 Å². The molecule has 0 fully saturated rings. The number of carboxylic acid groups (broad SMARTS) is 1. The van der Waals surface area contributed by atoms with E-state index in [0.717, 1.165) is 41.3 Å². The number of unbranched alkanes of at least 4 members (excludes halogenated alkanes) is 1. The molecule has 0 aliphatic heterocycles. The van der Waals surface area contributed by atoms with Crippen LogP contribution < -0.4 is 0 Å². The van der Waals surface area contributed by atoms with Crippen molar-refractivity contribution in [2.75, 3.05) is 5.75 Å².